The van der Waals surface area contributed by atoms with E-state index in [1.807, 2.05) is 35.2 Å². The summed E-state index contributed by atoms with van der Waals surface area (Å²) in [5.74, 6) is -0.266. The normalized spacial score (nSPS) is 20.3. The van der Waals surface area contributed by atoms with Crippen molar-refractivity contribution in [3.8, 4) is 6.07 Å². The predicted octanol–water partition coefficient (Wildman–Crippen LogP) is 2.16. The lowest BCUT2D eigenvalue weighted by Crippen LogP contribution is -2.62. The first-order valence-electron chi connectivity index (χ1n) is 11.8. The zero-order valence-electron chi connectivity index (χ0n) is 19.3. The standard InChI is InChI=1S/C25H27N5O4S/c26-17-19-7-9-20(10-8-19)35(33,34)29-15-13-28(14-16-29)18-23(31)30-22-6-2-1-5-21(22)27-24(32)25(30)11-3-4-12-25/h1-2,5-10H,3-4,11-16,18H2,(H,27,32). The number of benzene rings is 2. The Bertz CT molecular complexity index is 1290. The number of carbonyl (C=O) groups is 2. The highest BCUT2D eigenvalue weighted by atomic mass is 32.2. The Morgan fingerprint density at radius 1 is 1.00 bits per heavy atom. The van der Waals surface area contributed by atoms with Gasteiger partial charge in [-0.05, 0) is 49.2 Å². The first-order chi connectivity index (χ1) is 16.8. The van der Waals surface area contributed by atoms with E-state index in [9.17, 15) is 18.0 Å². The quantitative estimate of drug-likeness (QED) is 0.698. The van der Waals surface area contributed by atoms with Crippen LogP contribution in [0.3, 0.4) is 0 Å². The lowest BCUT2D eigenvalue weighted by Gasteiger charge is -2.45. The van der Waals surface area contributed by atoms with E-state index in [0.717, 1.165) is 18.5 Å². The second-order valence-electron chi connectivity index (χ2n) is 9.26. The van der Waals surface area contributed by atoms with Crippen molar-refractivity contribution in [3.63, 3.8) is 0 Å². The molecule has 9 nitrogen and oxygen atoms in total. The van der Waals surface area contributed by atoms with Crippen molar-refractivity contribution < 1.29 is 18.0 Å². The number of hydrogen-bond acceptors (Lipinski definition) is 6. The molecule has 1 saturated carbocycles. The van der Waals surface area contributed by atoms with E-state index in [1.54, 1.807) is 4.90 Å². The van der Waals surface area contributed by atoms with Crippen molar-refractivity contribution in [1.82, 2.24) is 9.21 Å². The van der Waals surface area contributed by atoms with Crippen molar-refractivity contribution in [2.45, 2.75) is 36.1 Å². The Balaban J connectivity index is 1.30. The summed E-state index contributed by atoms with van der Waals surface area (Å²) in [6.45, 7) is 1.47. The number of para-hydroxylation sites is 2. The average Bonchev–Trinajstić information content (AvgIpc) is 3.35. The first kappa shape index (κ1) is 23.5. The summed E-state index contributed by atoms with van der Waals surface area (Å²) in [7, 11) is -3.68. The minimum Gasteiger partial charge on any atom is -0.322 e. The van der Waals surface area contributed by atoms with Crippen LogP contribution >= 0.6 is 0 Å². The van der Waals surface area contributed by atoms with Gasteiger partial charge in [-0.25, -0.2) is 8.42 Å². The molecule has 182 valence electrons. The van der Waals surface area contributed by atoms with Gasteiger partial charge in [0, 0.05) is 26.2 Å². The molecule has 1 spiro atoms. The number of piperazine rings is 1. The molecular weight excluding hydrogens is 466 g/mol. The third-order valence-corrected chi connectivity index (χ3v) is 9.15. The van der Waals surface area contributed by atoms with E-state index in [-0.39, 0.29) is 36.3 Å². The summed E-state index contributed by atoms with van der Waals surface area (Å²) in [6, 6.07) is 15.2. The molecule has 0 atom stereocenters. The van der Waals surface area contributed by atoms with Crippen LogP contribution in [0.2, 0.25) is 0 Å². The van der Waals surface area contributed by atoms with Gasteiger partial charge in [0.05, 0.1) is 34.4 Å². The number of sulfonamides is 1. The highest BCUT2D eigenvalue weighted by Crippen LogP contribution is 2.45. The minimum atomic E-state index is -3.68. The van der Waals surface area contributed by atoms with Crippen LogP contribution in [0, 0.1) is 11.3 Å². The first-order valence-corrected chi connectivity index (χ1v) is 13.3. The van der Waals surface area contributed by atoms with Gasteiger partial charge in [0.1, 0.15) is 5.54 Å². The Kier molecular flexibility index (Phi) is 6.09. The molecule has 1 aliphatic carbocycles. The van der Waals surface area contributed by atoms with Crippen molar-refractivity contribution in [2.24, 2.45) is 0 Å². The highest BCUT2D eigenvalue weighted by molar-refractivity contribution is 7.89. The number of nitrogens with zero attached hydrogens (tertiary/aromatic N) is 4. The maximum Gasteiger partial charge on any atom is 0.250 e. The number of amides is 2. The smallest absolute Gasteiger partial charge is 0.250 e. The fourth-order valence-electron chi connectivity index (χ4n) is 5.37. The monoisotopic (exact) mass is 493 g/mol. The zero-order chi connectivity index (χ0) is 24.6. The van der Waals surface area contributed by atoms with Gasteiger partial charge in [0.2, 0.25) is 15.9 Å². The van der Waals surface area contributed by atoms with E-state index in [4.69, 9.17) is 5.26 Å². The van der Waals surface area contributed by atoms with Crippen molar-refractivity contribution >= 4 is 33.2 Å². The van der Waals surface area contributed by atoms with Gasteiger partial charge >= 0.3 is 0 Å². The lowest BCUT2D eigenvalue weighted by atomic mass is 9.89. The highest BCUT2D eigenvalue weighted by Gasteiger charge is 2.52. The molecule has 2 amide bonds. The Labute approximate surface area is 205 Å². The van der Waals surface area contributed by atoms with Gasteiger partial charge < -0.3 is 5.32 Å². The van der Waals surface area contributed by atoms with Crippen LogP contribution in [0.25, 0.3) is 0 Å². The van der Waals surface area contributed by atoms with E-state index < -0.39 is 15.6 Å². The molecule has 5 rings (SSSR count). The number of fused-ring (bicyclic) bond motifs is 1. The molecule has 0 aromatic heterocycles. The molecule has 0 unspecified atom stereocenters. The summed E-state index contributed by atoms with van der Waals surface area (Å²) in [4.78, 5) is 30.6. The average molecular weight is 494 g/mol. The van der Waals surface area contributed by atoms with Crippen LogP contribution < -0.4 is 10.2 Å². The second kappa shape index (κ2) is 9.07. The van der Waals surface area contributed by atoms with Crippen LogP contribution in [-0.2, 0) is 19.6 Å². The second-order valence-corrected chi connectivity index (χ2v) is 11.2. The summed E-state index contributed by atoms with van der Waals surface area (Å²) in [5, 5.41) is 11.9. The van der Waals surface area contributed by atoms with Gasteiger partial charge in [-0.1, -0.05) is 25.0 Å². The molecule has 0 bridgehead atoms. The van der Waals surface area contributed by atoms with E-state index in [1.165, 1.54) is 28.6 Å². The fraction of sp³-hybridized carbons (Fsp3) is 0.400. The number of hydrogen-bond donors (Lipinski definition) is 1. The van der Waals surface area contributed by atoms with Crippen LogP contribution in [0.1, 0.15) is 31.2 Å². The molecule has 0 radical (unpaired) electrons. The minimum absolute atomic E-state index is 0.119. The molecule has 10 heteroatoms. The number of nitriles is 1. The molecular formula is C25H27N5O4S. The van der Waals surface area contributed by atoms with Crippen molar-refractivity contribution in [1.29, 1.82) is 5.26 Å². The largest absolute Gasteiger partial charge is 0.322 e. The van der Waals surface area contributed by atoms with Crippen molar-refractivity contribution in [3.05, 3.63) is 54.1 Å². The SMILES string of the molecule is N#Cc1ccc(S(=O)(=O)N2CCN(CC(=O)N3c4ccccc4NC(=O)C34CCCC4)CC2)cc1. The maximum absolute atomic E-state index is 13.6. The van der Waals surface area contributed by atoms with Gasteiger partial charge in [-0.3, -0.25) is 19.4 Å². The summed E-state index contributed by atoms with van der Waals surface area (Å²) in [5.41, 5.74) is 0.912. The third kappa shape index (κ3) is 4.10. The molecule has 2 aromatic rings. The molecule has 2 aromatic carbocycles. The third-order valence-electron chi connectivity index (χ3n) is 7.24. The molecule has 2 aliphatic heterocycles. The molecule has 1 saturated heterocycles. The van der Waals surface area contributed by atoms with Gasteiger partial charge in [-0.2, -0.15) is 9.57 Å². The van der Waals surface area contributed by atoms with Crippen LogP contribution in [0.15, 0.2) is 53.4 Å². The molecule has 3 aliphatic rings. The van der Waals surface area contributed by atoms with Gasteiger partial charge in [0.15, 0.2) is 0 Å². The predicted molar refractivity (Wildman–Crippen MR) is 130 cm³/mol. The zero-order valence-corrected chi connectivity index (χ0v) is 20.1. The Morgan fingerprint density at radius 2 is 1.66 bits per heavy atom. The van der Waals surface area contributed by atoms with E-state index >= 15 is 0 Å². The number of carbonyl (C=O) groups excluding carboxylic acids is 2. The van der Waals surface area contributed by atoms with E-state index in [2.05, 4.69) is 5.32 Å². The summed E-state index contributed by atoms with van der Waals surface area (Å²) < 4.78 is 27.4. The molecule has 2 fully saturated rings. The number of nitrogens with one attached hydrogen (secondary N) is 1. The maximum atomic E-state index is 13.6. The lowest BCUT2D eigenvalue weighted by molar-refractivity contribution is -0.128. The van der Waals surface area contributed by atoms with Gasteiger partial charge in [0.25, 0.3) is 5.91 Å². The summed E-state index contributed by atoms with van der Waals surface area (Å²) in [6.07, 6.45) is 3.06. The fourth-order valence-corrected chi connectivity index (χ4v) is 6.79. The van der Waals surface area contributed by atoms with Crippen LogP contribution in [0.5, 0.6) is 0 Å². The van der Waals surface area contributed by atoms with Crippen molar-refractivity contribution in [2.75, 3.05) is 42.9 Å². The van der Waals surface area contributed by atoms with Gasteiger partial charge in [-0.15, -0.1) is 0 Å². The molecule has 35 heavy (non-hydrogen) atoms. The number of anilines is 2. The van der Waals surface area contributed by atoms with Crippen LogP contribution in [-0.4, -0.2) is 67.7 Å². The topological polar surface area (TPSA) is 114 Å². The molecule has 1 N–H and O–H groups in total. The Morgan fingerprint density at radius 3 is 2.31 bits per heavy atom. The Hall–Kier alpha value is -3.26. The molecule has 2 heterocycles. The van der Waals surface area contributed by atoms with E-state index in [0.29, 0.717) is 37.2 Å². The summed E-state index contributed by atoms with van der Waals surface area (Å²) >= 11 is 0. The van der Waals surface area contributed by atoms with Crippen LogP contribution in [0.4, 0.5) is 11.4 Å². The number of rotatable bonds is 4.